The number of H-pyrrole nitrogens is 1. The molecule has 0 aliphatic carbocycles. The van der Waals surface area contributed by atoms with Crippen LogP contribution in [0.3, 0.4) is 0 Å². The molecule has 2 N–H and O–H groups in total. The van der Waals surface area contributed by atoms with Gasteiger partial charge in [0.2, 0.25) is 0 Å². The van der Waals surface area contributed by atoms with Crippen molar-refractivity contribution in [1.29, 1.82) is 0 Å². The van der Waals surface area contributed by atoms with Gasteiger partial charge in [0.15, 0.2) is 5.82 Å². The average Bonchev–Trinajstić information content (AvgIpc) is 2.35. The number of nitrogens with one attached hydrogen (secondary N) is 2. The maximum absolute atomic E-state index is 12.0. The molecule has 0 fully saturated rings. The van der Waals surface area contributed by atoms with Crippen LogP contribution >= 0.6 is 15.9 Å². The number of halogens is 4. The van der Waals surface area contributed by atoms with E-state index in [1.54, 1.807) is 0 Å². The summed E-state index contributed by atoms with van der Waals surface area (Å²) in [6.45, 7) is 0. The monoisotopic (exact) mass is 349 g/mol. The Morgan fingerprint density at radius 2 is 1.90 bits per heavy atom. The van der Waals surface area contributed by atoms with Crippen LogP contribution < -0.4 is 15.6 Å². The molecule has 0 aliphatic rings. The molecule has 0 spiro atoms. The minimum atomic E-state index is -4.73. The van der Waals surface area contributed by atoms with E-state index in [0.29, 0.717) is 5.69 Å². The van der Waals surface area contributed by atoms with E-state index in [1.165, 1.54) is 18.5 Å². The van der Waals surface area contributed by atoms with E-state index in [1.807, 2.05) is 0 Å². The number of alkyl halides is 3. The molecule has 0 saturated carbocycles. The molecule has 2 rings (SSSR count). The highest BCUT2D eigenvalue weighted by molar-refractivity contribution is 9.10. The Morgan fingerprint density at radius 3 is 2.50 bits per heavy atom. The number of ether oxygens (including phenoxy) is 1. The minimum Gasteiger partial charge on any atom is -0.406 e. The van der Waals surface area contributed by atoms with Gasteiger partial charge in [0.05, 0.1) is 6.33 Å². The van der Waals surface area contributed by atoms with Crippen LogP contribution in [0.15, 0.2) is 39.9 Å². The van der Waals surface area contributed by atoms with E-state index < -0.39 is 6.36 Å². The molecule has 0 radical (unpaired) electrons. The summed E-state index contributed by atoms with van der Waals surface area (Å²) in [5, 5.41) is 2.79. The fraction of sp³-hybridized carbons (Fsp3) is 0.0909. The summed E-state index contributed by atoms with van der Waals surface area (Å²) in [7, 11) is 0. The summed E-state index contributed by atoms with van der Waals surface area (Å²) in [6, 6.07) is 5.04. The predicted octanol–water partition coefficient (Wildman–Crippen LogP) is 3.17. The lowest BCUT2D eigenvalue weighted by Crippen LogP contribution is -2.17. The van der Waals surface area contributed by atoms with Crippen molar-refractivity contribution >= 4 is 27.4 Å². The summed E-state index contributed by atoms with van der Waals surface area (Å²) < 4.78 is 39.9. The van der Waals surface area contributed by atoms with E-state index in [0.717, 1.165) is 12.1 Å². The zero-order valence-electron chi connectivity index (χ0n) is 9.66. The van der Waals surface area contributed by atoms with Gasteiger partial charge in [-0.15, -0.1) is 13.2 Å². The number of hydrogen-bond acceptors (Lipinski definition) is 4. The lowest BCUT2D eigenvalue weighted by atomic mass is 10.3. The highest BCUT2D eigenvalue weighted by Gasteiger charge is 2.30. The van der Waals surface area contributed by atoms with E-state index in [4.69, 9.17) is 0 Å². The SMILES string of the molecule is O=c1[nH]cnc(Nc2ccc(OC(F)(F)F)cc2)c1Br. The first kappa shape index (κ1) is 14.4. The average molecular weight is 350 g/mol. The third-order valence-corrected chi connectivity index (χ3v) is 2.88. The van der Waals surface area contributed by atoms with Crippen molar-refractivity contribution < 1.29 is 17.9 Å². The largest absolute Gasteiger partial charge is 0.573 e. The van der Waals surface area contributed by atoms with Gasteiger partial charge in [-0.05, 0) is 40.2 Å². The lowest BCUT2D eigenvalue weighted by Gasteiger charge is -2.10. The van der Waals surface area contributed by atoms with Crippen LogP contribution in [0.1, 0.15) is 0 Å². The van der Waals surface area contributed by atoms with Crippen molar-refractivity contribution in [1.82, 2.24) is 9.97 Å². The van der Waals surface area contributed by atoms with Crippen molar-refractivity contribution in [2.45, 2.75) is 6.36 Å². The second-order valence-electron chi connectivity index (χ2n) is 3.59. The third-order valence-electron chi connectivity index (χ3n) is 2.15. The van der Waals surface area contributed by atoms with E-state index in [-0.39, 0.29) is 21.6 Å². The van der Waals surface area contributed by atoms with Crippen LogP contribution in [-0.2, 0) is 0 Å². The molecule has 0 unspecified atom stereocenters. The van der Waals surface area contributed by atoms with Gasteiger partial charge in [0.25, 0.3) is 5.56 Å². The van der Waals surface area contributed by atoms with Gasteiger partial charge in [-0.1, -0.05) is 0 Å². The molecule has 20 heavy (non-hydrogen) atoms. The van der Waals surface area contributed by atoms with Gasteiger partial charge >= 0.3 is 6.36 Å². The summed E-state index contributed by atoms with van der Waals surface area (Å²) in [6.07, 6.45) is -3.52. The normalized spacial score (nSPS) is 11.2. The van der Waals surface area contributed by atoms with Crippen LogP contribution in [0, 0.1) is 0 Å². The summed E-state index contributed by atoms with van der Waals surface area (Å²) in [4.78, 5) is 17.6. The van der Waals surface area contributed by atoms with Crippen molar-refractivity contribution in [2.75, 3.05) is 5.32 Å². The minimum absolute atomic E-state index is 0.190. The molecule has 1 heterocycles. The molecule has 1 aromatic carbocycles. The van der Waals surface area contributed by atoms with Crippen molar-refractivity contribution in [3.63, 3.8) is 0 Å². The first-order valence-corrected chi connectivity index (χ1v) is 6.00. The third kappa shape index (κ3) is 3.73. The zero-order valence-corrected chi connectivity index (χ0v) is 11.2. The molecule has 5 nitrogen and oxygen atoms in total. The Balaban J connectivity index is 2.15. The molecular formula is C11H7BrF3N3O2. The van der Waals surface area contributed by atoms with Crippen LogP contribution in [-0.4, -0.2) is 16.3 Å². The summed E-state index contributed by atoms with van der Waals surface area (Å²) in [5.41, 5.74) is 0.0813. The quantitative estimate of drug-likeness (QED) is 0.893. The molecular weight excluding hydrogens is 343 g/mol. The van der Waals surface area contributed by atoms with Crippen LogP contribution in [0.4, 0.5) is 24.7 Å². The molecule has 106 valence electrons. The molecule has 2 aromatic rings. The maximum Gasteiger partial charge on any atom is 0.573 e. The number of nitrogens with zero attached hydrogens (tertiary/aromatic N) is 1. The van der Waals surface area contributed by atoms with Gasteiger partial charge in [-0.2, -0.15) is 0 Å². The number of anilines is 2. The molecule has 0 atom stereocenters. The van der Waals surface area contributed by atoms with Gasteiger partial charge in [0, 0.05) is 5.69 Å². The lowest BCUT2D eigenvalue weighted by molar-refractivity contribution is -0.274. The zero-order chi connectivity index (χ0) is 14.8. The number of aromatic nitrogens is 2. The molecule has 0 saturated heterocycles. The number of hydrogen-bond donors (Lipinski definition) is 2. The fourth-order valence-corrected chi connectivity index (χ4v) is 1.66. The second-order valence-corrected chi connectivity index (χ2v) is 4.38. The molecule has 0 aliphatic heterocycles. The van der Waals surface area contributed by atoms with Crippen LogP contribution in [0.2, 0.25) is 0 Å². The first-order valence-electron chi connectivity index (χ1n) is 5.21. The van der Waals surface area contributed by atoms with E-state index in [9.17, 15) is 18.0 Å². The number of benzene rings is 1. The van der Waals surface area contributed by atoms with Gasteiger partial charge < -0.3 is 15.0 Å². The smallest absolute Gasteiger partial charge is 0.406 e. The Bertz CT molecular complexity index is 655. The Kier molecular flexibility index (Phi) is 3.98. The fourth-order valence-electron chi connectivity index (χ4n) is 1.35. The van der Waals surface area contributed by atoms with Crippen molar-refractivity contribution in [3.8, 4) is 5.75 Å². The van der Waals surface area contributed by atoms with Crippen molar-refractivity contribution in [2.24, 2.45) is 0 Å². The summed E-state index contributed by atoms with van der Waals surface area (Å²) in [5.74, 6) is -0.0841. The van der Waals surface area contributed by atoms with Gasteiger partial charge in [-0.3, -0.25) is 4.79 Å². The Morgan fingerprint density at radius 1 is 1.25 bits per heavy atom. The highest BCUT2D eigenvalue weighted by Crippen LogP contribution is 2.25. The number of aromatic amines is 1. The predicted molar refractivity (Wildman–Crippen MR) is 69.0 cm³/mol. The Labute approximate surface area is 118 Å². The van der Waals surface area contributed by atoms with Gasteiger partial charge in [-0.25, -0.2) is 4.98 Å². The van der Waals surface area contributed by atoms with E-state index in [2.05, 4.69) is 36.0 Å². The van der Waals surface area contributed by atoms with Crippen LogP contribution in [0.5, 0.6) is 5.75 Å². The summed E-state index contributed by atoms with van der Waals surface area (Å²) >= 11 is 3.05. The molecule has 9 heteroatoms. The van der Waals surface area contributed by atoms with Crippen molar-refractivity contribution in [3.05, 3.63) is 45.4 Å². The standard InChI is InChI=1S/C11H7BrF3N3O2/c12-8-9(16-5-17-10(8)19)18-6-1-3-7(4-2-6)20-11(13,14)15/h1-5H,(H2,16,17,18,19). The van der Waals surface area contributed by atoms with E-state index >= 15 is 0 Å². The Hall–Kier alpha value is -2.03. The molecule has 1 aromatic heterocycles. The number of rotatable bonds is 3. The molecule has 0 amide bonds. The van der Waals surface area contributed by atoms with Gasteiger partial charge in [0.1, 0.15) is 10.2 Å². The first-order chi connectivity index (χ1) is 9.35. The molecule has 0 bridgehead atoms. The highest BCUT2D eigenvalue weighted by atomic mass is 79.9. The second kappa shape index (κ2) is 5.53. The van der Waals surface area contributed by atoms with Crippen LogP contribution in [0.25, 0.3) is 0 Å². The maximum atomic E-state index is 12.0. The topological polar surface area (TPSA) is 67.0 Å².